The van der Waals surface area contributed by atoms with Crippen LogP contribution < -0.4 is 9.80 Å². The molecule has 4 aromatic rings. The third kappa shape index (κ3) is 2.24. The van der Waals surface area contributed by atoms with Gasteiger partial charge in [0, 0.05) is 22.8 Å². The molecule has 0 saturated heterocycles. The number of fused-ring (bicyclic) bond motifs is 2. The number of hydrogen-bond donors (Lipinski definition) is 1. The van der Waals surface area contributed by atoms with Gasteiger partial charge in [-0.05, 0) is 43.5 Å². The first-order chi connectivity index (χ1) is 12.6. The Balaban J connectivity index is 1.60. The van der Waals surface area contributed by atoms with Crippen molar-refractivity contribution in [1.82, 2.24) is 9.97 Å². The molecule has 1 N–H and O–H groups in total. The number of benzene rings is 2. The Hall–Kier alpha value is -2.79. The number of para-hydroxylation sites is 3. The third-order valence-electron chi connectivity index (χ3n) is 5.26. The van der Waals surface area contributed by atoms with Gasteiger partial charge in [-0.15, -0.1) is 11.3 Å². The second kappa shape index (κ2) is 5.61. The van der Waals surface area contributed by atoms with Crippen LogP contribution in [0.25, 0.3) is 10.9 Å². The van der Waals surface area contributed by atoms with Crippen molar-refractivity contribution in [2.24, 2.45) is 0 Å². The standard InChI is InChI=1S/C21H20N4S/c1-21(2,19-13-15-7-3-4-8-16(15)23-19)25-14-24(20-22-11-12-26-20)17-9-5-6-10-18(17)25/h3-13,23H,14H2,1-2H3. The molecule has 0 spiro atoms. The average Bonchev–Trinajstić information content (AvgIpc) is 3.38. The maximum Gasteiger partial charge on any atom is 0.191 e. The summed E-state index contributed by atoms with van der Waals surface area (Å²) in [7, 11) is 0. The van der Waals surface area contributed by atoms with Crippen molar-refractivity contribution in [3.8, 4) is 0 Å². The van der Waals surface area contributed by atoms with Gasteiger partial charge >= 0.3 is 0 Å². The zero-order valence-corrected chi connectivity index (χ0v) is 15.6. The molecule has 0 radical (unpaired) electrons. The van der Waals surface area contributed by atoms with Gasteiger partial charge in [-0.3, -0.25) is 4.90 Å². The highest BCUT2D eigenvalue weighted by Gasteiger charge is 2.38. The molecule has 5 heteroatoms. The van der Waals surface area contributed by atoms with E-state index in [1.54, 1.807) is 11.3 Å². The molecule has 0 atom stereocenters. The monoisotopic (exact) mass is 360 g/mol. The van der Waals surface area contributed by atoms with Crippen LogP contribution in [0.15, 0.2) is 66.2 Å². The van der Waals surface area contributed by atoms with E-state index in [0.29, 0.717) is 0 Å². The minimum atomic E-state index is -0.179. The lowest BCUT2D eigenvalue weighted by Gasteiger charge is -2.37. The minimum absolute atomic E-state index is 0.179. The largest absolute Gasteiger partial charge is 0.356 e. The summed E-state index contributed by atoms with van der Waals surface area (Å²) in [5.74, 6) is 0. The van der Waals surface area contributed by atoms with Gasteiger partial charge in [0.25, 0.3) is 0 Å². The van der Waals surface area contributed by atoms with Gasteiger partial charge in [-0.2, -0.15) is 0 Å². The number of nitrogens with one attached hydrogen (secondary N) is 1. The maximum absolute atomic E-state index is 4.53. The molecule has 3 heterocycles. The lowest BCUT2D eigenvalue weighted by atomic mass is 9.97. The van der Waals surface area contributed by atoms with Crippen LogP contribution in [0.2, 0.25) is 0 Å². The van der Waals surface area contributed by atoms with Gasteiger partial charge < -0.3 is 9.88 Å². The molecule has 0 aliphatic carbocycles. The Labute approximate surface area is 156 Å². The molecule has 0 saturated carbocycles. The number of anilines is 3. The van der Waals surface area contributed by atoms with Crippen LogP contribution in [0.1, 0.15) is 19.5 Å². The first-order valence-corrected chi connectivity index (χ1v) is 9.64. The highest BCUT2D eigenvalue weighted by molar-refractivity contribution is 7.13. The zero-order chi connectivity index (χ0) is 17.7. The Morgan fingerprint density at radius 1 is 1.04 bits per heavy atom. The molecular formula is C21H20N4S. The Bertz CT molecular complexity index is 1030. The van der Waals surface area contributed by atoms with Gasteiger partial charge in [-0.1, -0.05) is 30.3 Å². The number of nitrogens with zero attached hydrogens (tertiary/aromatic N) is 3. The number of thiazole rings is 1. The summed E-state index contributed by atoms with van der Waals surface area (Å²) >= 11 is 1.68. The molecule has 1 aliphatic rings. The molecule has 0 bridgehead atoms. The Morgan fingerprint density at radius 2 is 1.81 bits per heavy atom. The van der Waals surface area contributed by atoms with E-state index in [1.807, 2.05) is 11.6 Å². The molecule has 5 rings (SSSR count). The van der Waals surface area contributed by atoms with E-state index in [1.165, 1.54) is 28.0 Å². The first-order valence-electron chi connectivity index (χ1n) is 8.76. The molecule has 1 aliphatic heterocycles. The van der Waals surface area contributed by atoms with E-state index in [2.05, 4.69) is 88.2 Å². The van der Waals surface area contributed by atoms with Crippen molar-refractivity contribution >= 4 is 38.7 Å². The second-order valence-electron chi connectivity index (χ2n) is 7.13. The molecule has 0 amide bonds. The van der Waals surface area contributed by atoms with Crippen LogP contribution in [-0.2, 0) is 5.54 Å². The summed E-state index contributed by atoms with van der Waals surface area (Å²) in [4.78, 5) is 12.9. The first kappa shape index (κ1) is 15.5. The van der Waals surface area contributed by atoms with Crippen molar-refractivity contribution in [3.63, 3.8) is 0 Å². The fourth-order valence-corrected chi connectivity index (χ4v) is 4.40. The van der Waals surface area contributed by atoms with Crippen molar-refractivity contribution in [2.75, 3.05) is 16.5 Å². The molecule has 0 unspecified atom stereocenters. The van der Waals surface area contributed by atoms with Crippen molar-refractivity contribution in [2.45, 2.75) is 19.4 Å². The number of aromatic amines is 1. The predicted molar refractivity (Wildman–Crippen MR) is 109 cm³/mol. The average molecular weight is 360 g/mol. The summed E-state index contributed by atoms with van der Waals surface area (Å²) < 4.78 is 0. The molecular weight excluding hydrogens is 340 g/mol. The molecule has 2 aromatic heterocycles. The van der Waals surface area contributed by atoms with Gasteiger partial charge in [0.2, 0.25) is 0 Å². The summed E-state index contributed by atoms with van der Waals surface area (Å²) in [5.41, 5.74) is 4.67. The quantitative estimate of drug-likeness (QED) is 0.526. The van der Waals surface area contributed by atoms with Crippen molar-refractivity contribution in [3.05, 3.63) is 71.9 Å². The predicted octanol–water partition coefficient (Wildman–Crippen LogP) is 5.48. The molecule has 26 heavy (non-hydrogen) atoms. The lowest BCUT2D eigenvalue weighted by molar-refractivity contribution is 0.484. The minimum Gasteiger partial charge on any atom is -0.356 e. The highest BCUT2D eigenvalue weighted by atomic mass is 32.1. The van der Waals surface area contributed by atoms with Crippen LogP contribution in [0.3, 0.4) is 0 Å². The second-order valence-corrected chi connectivity index (χ2v) is 8.00. The van der Waals surface area contributed by atoms with Crippen LogP contribution in [0, 0.1) is 0 Å². The van der Waals surface area contributed by atoms with Crippen LogP contribution in [-0.4, -0.2) is 16.6 Å². The molecule has 2 aromatic carbocycles. The van der Waals surface area contributed by atoms with Crippen LogP contribution >= 0.6 is 11.3 Å². The van der Waals surface area contributed by atoms with E-state index in [0.717, 1.165) is 11.8 Å². The van der Waals surface area contributed by atoms with Crippen molar-refractivity contribution < 1.29 is 0 Å². The lowest BCUT2D eigenvalue weighted by Crippen LogP contribution is -2.43. The van der Waals surface area contributed by atoms with E-state index >= 15 is 0 Å². The van der Waals surface area contributed by atoms with E-state index in [-0.39, 0.29) is 5.54 Å². The van der Waals surface area contributed by atoms with E-state index in [9.17, 15) is 0 Å². The zero-order valence-electron chi connectivity index (χ0n) is 14.8. The van der Waals surface area contributed by atoms with Gasteiger partial charge in [-0.25, -0.2) is 4.98 Å². The summed E-state index contributed by atoms with van der Waals surface area (Å²) in [6.07, 6.45) is 1.87. The number of hydrogen-bond acceptors (Lipinski definition) is 4. The number of H-pyrrole nitrogens is 1. The van der Waals surface area contributed by atoms with Gasteiger partial charge in [0.1, 0.15) is 0 Å². The molecule has 0 fully saturated rings. The topological polar surface area (TPSA) is 35.2 Å². The molecule has 130 valence electrons. The summed E-state index contributed by atoms with van der Waals surface area (Å²) in [6, 6.07) is 19.3. The molecule has 4 nitrogen and oxygen atoms in total. The highest BCUT2D eigenvalue weighted by Crippen LogP contribution is 2.46. The van der Waals surface area contributed by atoms with Gasteiger partial charge in [0.05, 0.1) is 23.6 Å². The maximum atomic E-state index is 4.53. The van der Waals surface area contributed by atoms with Crippen LogP contribution in [0.5, 0.6) is 0 Å². The van der Waals surface area contributed by atoms with Crippen molar-refractivity contribution in [1.29, 1.82) is 0 Å². The third-order valence-corrected chi connectivity index (χ3v) is 6.05. The Morgan fingerprint density at radius 3 is 2.58 bits per heavy atom. The summed E-state index contributed by atoms with van der Waals surface area (Å²) in [5, 5.41) is 4.32. The normalized spacial score (nSPS) is 14.2. The number of aromatic nitrogens is 2. The summed E-state index contributed by atoms with van der Waals surface area (Å²) in [6.45, 7) is 5.34. The smallest absolute Gasteiger partial charge is 0.191 e. The van der Waals surface area contributed by atoms with Crippen LogP contribution in [0.4, 0.5) is 16.5 Å². The Kier molecular flexibility index (Phi) is 3.34. The van der Waals surface area contributed by atoms with E-state index < -0.39 is 0 Å². The van der Waals surface area contributed by atoms with E-state index in [4.69, 9.17) is 0 Å². The SMILES string of the molecule is CC(C)(c1cc2ccccc2[nH]1)N1CN(c2nccs2)c2ccccc21. The van der Waals surface area contributed by atoms with Gasteiger partial charge in [0.15, 0.2) is 5.13 Å². The fourth-order valence-electron chi connectivity index (χ4n) is 3.75. The fraction of sp³-hybridized carbons (Fsp3) is 0.190. The number of rotatable bonds is 3.